The molecule has 2 aromatic rings. The molecule has 1 aromatic carbocycles. The summed E-state index contributed by atoms with van der Waals surface area (Å²) < 4.78 is 33.5. The minimum absolute atomic E-state index is 0.155. The Morgan fingerprint density at radius 3 is 2.58 bits per heavy atom. The third kappa shape index (κ3) is 4.26. The second-order valence-corrected chi connectivity index (χ2v) is 10.4. The van der Waals surface area contributed by atoms with Gasteiger partial charge >= 0.3 is 0 Å². The van der Waals surface area contributed by atoms with Crippen LogP contribution >= 0.6 is 0 Å². The molecule has 1 N–H and O–H groups in total. The van der Waals surface area contributed by atoms with E-state index in [2.05, 4.69) is 23.7 Å². The zero-order valence-electron chi connectivity index (χ0n) is 18.3. The van der Waals surface area contributed by atoms with Gasteiger partial charge in [0.25, 0.3) is 5.56 Å². The molecule has 4 rings (SSSR count). The van der Waals surface area contributed by atoms with E-state index in [9.17, 15) is 13.2 Å². The smallest absolute Gasteiger partial charge is 0.255 e. The van der Waals surface area contributed by atoms with Crippen molar-refractivity contribution in [3.8, 4) is 5.75 Å². The van der Waals surface area contributed by atoms with E-state index in [0.29, 0.717) is 49.1 Å². The van der Waals surface area contributed by atoms with Crippen molar-refractivity contribution in [2.45, 2.75) is 63.1 Å². The zero-order chi connectivity index (χ0) is 22.2. The third-order valence-electron chi connectivity index (χ3n) is 6.28. The zero-order valence-corrected chi connectivity index (χ0v) is 19.1. The fraction of sp³-hybridized carbons (Fsp3) is 0.545. The maximum absolute atomic E-state index is 13.4. The summed E-state index contributed by atoms with van der Waals surface area (Å²) in [5, 5.41) is 0. The minimum Gasteiger partial charge on any atom is -0.497 e. The molecule has 0 aliphatic carbocycles. The molecule has 1 fully saturated rings. The van der Waals surface area contributed by atoms with Gasteiger partial charge in [0.1, 0.15) is 11.6 Å². The van der Waals surface area contributed by atoms with Crippen molar-refractivity contribution in [3.05, 3.63) is 51.7 Å². The predicted molar refractivity (Wildman–Crippen MR) is 118 cm³/mol. The topological polar surface area (TPSA) is 95.6 Å². The number of rotatable bonds is 5. The van der Waals surface area contributed by atoms with Crippen LogP contribution in [0.5, 0.6) is 5.75 Å². The van der Waals surface area contributed by atoms with Crippen LogP contribution in [0.3, 0.4) is 0 Å². The first kappa shape index (κ1) is 22.0. The number of fused-ring (bicyclic) bond motifs is 1. The summed E-state index contributed by atoms with van der Waals surface area (Å²) in [5.41, 5.74) is 1.34. The number of nitrogens with zero attached hydrogens (tertiary/aromatic N) is 3. The first-order chi connectivity index (χ1) is 14.8. The van der Waals surface area contributed by atoms with Crippen LogP contribution in [-0.4, -0.2) is 53.8 Å². The monoisotopic (exact) mass is 446 g/mol. The van der Waals surface area contributed by atoms with Crippen LogP contribution in [0, 0.1) is 0 Å². The average Bonchev–Trinajstić information content (AvgIpc) is 2.78. The fourth-order valence-electron chi connectivity index (χ4n) is 4.41. The molecular weight excluding hydrogens is 416 g/mol. The number of aromatic nitrogens is 2. The molecule has 1 unspecified atom stereocenters. The molecular formula is C22H30N4O4S. The number of hydrogen-bond acceptors (Lipinski definition) is 6. The lowest BCUT2D eigenvalue weighted by Crippen LogP contribution is -2.42. The molecule has 0 radical (unpaired) electrons. The summed E-state index contributed by atoms with van der Waals surface area (Å²) in [6.45, 7) is 6.06. The van der Waals surface area contributed by atoms with E-state index in [4.69, 9.17) is 9.72 Å². The Kier molecular flexibility index (Phi) is 6.18. The minimum atomic E-state index is -3.73. The molecule has 1 saturated heterocycles. The van der Waals surface area contributed by atoms with Gasteiger partial charge in [0.15, 0.2) is 0 Å². The summed E-state index contributed by atoms with van der Waals surface area (Å²) in [5.74, 6) is 1.06. The SMILES string of the molecule is COc1ccc(S(=O)(=O)N2CCCCC2c2nc3c(c(=O)[nH]2)CN(C(C)C)CC3)cc1. The van der Waals surface area contributed by atoms with Crippen LogP contribution in [0.2, 0.25) is 0 Å². The highest BCUT2D eigenvalue weighted by Gasteiger charge is 2.36. The van der Waals surface area contributed by atoms with Gasteiger partial charge in [0.2, 0.25) is 10.0 Å². The Labute approximate surface area is 183 Å². The number of nitrogens with one attached hydrogen (secondary N) is 1. The van der Waals surface area contributed by atoms with Gasteiger partial charge in [-0.15, -0.1) is 0 Å². The summed E-state index contributed by atoms with van der Waals surface area (Å²) in [6.07, 6.45) is 3.00. The number of aromatic amines is 1. The van der Waals surface area contributed by atoms with Crippen LogP contribution in [0.1, 0.15) is 56.2 Å². The molecule has 31 heavy (non-hydrogen) atoms. The molecule has 0 amide bonds. The first-order valence-corrected chi connectivity index (χ1v) is 12.3. The van der Waals surface area contributed by atoms with Gasteiger partial charge in [-0.05, 0) is 51.0 Å². The van der Waals surface area contributed by atoms with Gasteiger partial charge in [0.05, 0.1) is 29.3 Å². The summed E-state index contributed by atoms with van der Waals surface area (Å²) >= 11 is 0. The Morgan fingerprint density at radius 2 is 1.90 bits per heavy atom. The van der Waals surface area contributed by atoms with Crippen molar-refractivity contribution < 1.29 is 13.2 Å². The van der Waals surface area contributed by atoms with E-state index in [1.54, 1.807) is 31.4 Å². The lowest BCUT2D eigenvalue weighted by molar-refractivity contribution is 0.198. The van der Waals surface area contributed by atoms with Crippen molar-refractivity contribution in [2.24, 2.45) is 0 Å². The average molecular weight is 447 g/mol. The van der Waals surface area contributed by atoms with Gasteiger partial charge in [-0.25, -0.2) is 13.4 Å². The molecule has 0 saturated carbocycles. The number of hydrogen-bond donors (Lipinski definition) is 1. The fourth-order valence-corrected chi connectivity index (χ4v) is 6.07. The number of methoxy groups -OCH3 is 1. The van der Waals surface area contributed by atoms with E-state index in [1.807, 2.05) is 0 Å². The lowest BCUT2D eigenvalue weighted by atomic mass is 10.0. The molecule has 1 aromatic heterocycles. The first-order valence-electron chi connectivity index (χ1n) is 10.8. The maximum atomic E-state index is 13.4. The summed E-state index contributed by atoms with van der Waals surface area (Å²) in [7, 11) is -2.19. The molecule has 0 spiro atoms. The maximum Gasteiger partial charge on any atom is 0.255 e. The highest BCUT2D eigenvalue weighted by molar-refractivity contribution is 7.89. The number of ether oxygens (including phenoxy) is 1. The van der Waals surface area contributed by atoms with E-state index in [1.165, 1.54) is 4.31 Å². The predicted octanol–water partition coefficient (Wildman–Crippen LogP) is 2.46. The molecule has 2 aliphatic heterocycles. The van der Waals surface area contributed by atoms with Crippen molar-refractivity contribution in [3.63, 3.8) is 0 Å². The molecule has 9 heteroatoms. The molecule has 1 atom stereocenters. The van der Waals surface area contributed by atoms with Crippen LogP contribution in [-0.2, 0) is 23.0 Å². The Hall–Kier alpha value is -2.23. The molecule has 2 aliphatic rings. The molecule has 0 bridgehead atoms. The second kappa shape index (κ2) is 8.72. The van der Waals surface area contributed by atoms with Crippen LogP contribution in [0.15, 0.2) is 34.0 Å². The highest BCUT2D eigenvalue weighted by atomic mass is 32.2. The van der Waals surface area contributed by atoms with Gasteiger partial charge < -0.3 is 9.72 Å². The molecule has 8 nitrogen and oxygen atoms in total. The van der Waals surface area contributed by atoms with Crippen molar-refractivity contribution in [1.82, 2.24) is 19.2 Å². The number of H-pyrrole nitrogens is 1. The molecule has 3 heterocycles. The third-order valence-corrected chi connectivity index (χ3v) is 8.20. The summed E-state index contributed by atoms with van der Waals surface area (Å²) in [6, 6.07) is 6.29. The van der Waals surface area contributed by atoms with Gasteiger partial charge in [-0.3, -0.25) is 9.69 Å². The van der Waals surface area contributed by atoms with E-state index < -0.39 is 16.1 Å². The van der Waals surface area contributed by atoms with Crippen molar-refractivity contribution in [1.29, 1.82) is 0 Å². The standard InChI is InChI=1S/C22H30N4O4S/c1-15(2)25-13-11-19-18(14-25)22(27)24-21(23-19)20-6-4-5-12-26(20)31(28,29)17-9-7-16(30-3)8-10-17/h7-10,15,20H,4-6,11-14H2,1-3H3,(H,23,24,27). The van der Waals surface area contributed by atoms with Gasteiger partial charge in [0, 0.05) is 32.1 Å². The number of benzene rings is 1. The number of sulfonamides is 1. The Morgan fingerprint density at radius 1 is 1.16 bits per heavy atom. The van der Waals surface area contributed by atoms with E-state index >= 15 is 0 Å². The Balaban J connectivity index is 1.68. The van der Waals surface area contributed by atoms with Crippen LogP contribution < -0.4 is 10.3 Å². The van der Waals surface area contributed by atoms with Gasteiger partial charge in [-0.1, -0.05) is 6.42 Å². The Bertz CT molecular complexity index is 1100. The van der Waals surface area contributed by atoms with Crippen molar-refractivity contribution in [2.75, 3.05) is 20.2 Å². The van der Waals surface area contributed by atoms with E-state index in [0.717, 1.165) is 25.1 Å². The lowest BCUT2D eigenvalue weighted by Gasteiger charge is -2.35. The largest absolute Gasteiger partial charge is 0.497 e. The van der Waals surface area contributed by atoms with Crippen molar-refractivity contribution >= 4 is 10.0 Å². The van der Waals surface area contributed by atoms with E-state index in [-0.39, 0.29) is 10.5 Å². The molecule has 168 valence electrons. The normalized spacial score (nSPS) is 20.6. The quantitative estimate of drug-likeness (QED) is 0.758. The second-order valence-electron chi connectivity index (χ2n) is 8.49. The highest BCUT2D eigenvalue weighted by Crippen LogP contribution is 2.34. The van der Waals surface area contributed by atoms with Crippen LogP contribution in [0.25, 0.3) is 0 Å². The summed E-state index contributed by atoms with van der Waals surface area (Å²) in [4.78, 5) is 23.0. The number of piperidine rings is 1. The van der Waals surface area contributed by atoms with Crippen LogP contribution in [0.4, 0.5) is 0 Å². The van der Waals surface area contributed by atoms with Gasteiger partial charge in [-0.2, -0.15) is 4.31 Å².